The second kappa shape index (κ2) is 7.93. The minimum absolute atomic E-state index is 0.0460. The molecule has 0 saturated heterocycles. The Morgan fingerprint density at radius 3 is 2.62 bits per heavy atom. The van der Waals surface area contributed by atoms with Gasteiger partial charge in [0, 0.05) is 24.4 Å². The highest BCUT2D eigenvalue weighted by Crippen LogP contribution is 2.24. The molecular formula is C19H22N2O3. The molecule has 0 aliphatic heterocycles. The van der Waals surface area contributed by atoms with Gasteiger partial charge in [-0.15, -0.1) is 0 Å². The molecule has 1 heterocycles. The monoisotopic (exact) mass is 326 g/mol. The predicted molar refractivity (Wildman–Crippen MR) is 90.9 cm³/mol. The SMILES string of the molecule is O=C(NCCc1ccc(CO)cc1)c1ccnc(OC2CCC2)c1. The number of rotatable bonds is 7. The van der Waals surface area contributed by atoms with E-state index in [0.29, 0.717) is 18.0 Å². The van der Waals surface area contributed by atoms with E-state index in [2.05, 4.69) is 10.3 Å². The van der Waals surface area contributed by atoms with Gasteiger partial charge in [0.1, 0.15) is 6.10 Å². The fourth-order valence-corrected chi connectivity index (χ4v) is 2.51. The standard InChI is InChI=1S/C19H22N2O3/c22-13-15-6-4-14(5-7-15)8-10-21-19(23)16-9-11-20-18(12-16)24-17-2-1-3-17/h4-7,9,11-12,17,22H,1-3,8,10,13H2,(H,21,23). The Morgan fingerprint density at radius 2 is 1.96 bits per heavy atom. The van der Waals surface area contributed by atoms with Crippen LogP contribution in [0.4, 0.5) is 0 Å². The van der Waals surface area contributed by atoms with Crippen molar-refractivity contribution in [3.05, 3.63) is 59.3 Å². The van der Waals surface area contributed by atoms with Gasteiger partial charge in [0.2, 0.25) is 5.88 Å². The molecule has 0 spiro atoms. The maximum atomic E-state index is 12.2. The normalized spacial score (nSPS) is 14.0. The van der Waals surface area contributed by atoms with Crippen molar-refractivity contribution in [1.29, 1.82) is 0 Å². The van der Waals surface area contributed by atoms with E-state index in [-0.39, 0.29) is 18.6 Å². The number of hydrogen-bond acceptors (Lipinski definition) is 4. The molecule has 1 aliphatic carbocycles. The smallest absolute Gasteiger partial charge is 0.251 e. The van der Waals surface area contributed by atoms with Crippen LogP contribution < -0.4 is 10.1 Å². The molecule has 2 aromatic rings. The highest BCUT2D eigenvalue weighted by molar-refractivity contribution is 5.94. The van der Waals surface area contributed by atoms with E-state index in [1.165, 1.54) is 6.42 Å². The van der Waals surface area contributed by atoms with Crippen molar-refractivity contribution < 1.29 is 14.6 Å². The number of hydrogen-bond donors (Lipinski definition) is 2. The fourth-order valence-electron chi connectivity index (χ4n) is 2.51. The van der Waals surface area contributed by atoms with Crippen molar-refractivity contribution in [2.24, 2.45) is 0 Å². The molecule has 0 bridgehead atoms. The summed E-state index contributed by atoms with van der Waals surface area (Å²) in [6.45, 7) is 0.600. The summed E-state index contributed by atoms with van der Waals surface area (Å²) in [5.74, 6) is 0.398. The van der Waals surface area contributed by atoms with Crippen LogP contribution in [0.5, 0.6) is 5.88 Å². The first-order chi connectivity index (χ1) is 11.7. The third-order valence-corrected chi connectivity index (χ3v) is 4.24. The number of pyridine rings is 1. The van der Waals surface area contributed by atoms with Gasteiger partial charge in [-0.2, -0.15) is 0 Å². The van der Waals surface area contributed by atoms with Crippen molar-refractivity contribution >= 4 is 5.91 Å². The molecule has 24 heavy (non-hydrogen) atoms. The summed E-state index contributed by atoms with van der Waals surface area (Å²) in [5, 5.41) is 11.9. The zero-order valence-corrected chi connectivity index (χ0v) is 13.6. The van der Waals surface area contributed by atoms with E-state index >= 15 is 0 Å². The lowest BCUT2D eigenvalue weighted by Crippen LogP contribution is -2.27. The van der Waals surface area contributed by atoms with E-state index in [4.69, 9.17) is 9.84 Å². The second-order valence-electron chi connectivity index (χ2n) is 6.03. The van der Waals surface area contributed by atoms with Crippen LogP contribution in [-0.2, 0) is 13.0 Å². The topological polar surface area (TPSA) is 71.5 Å². The number of nitrogens with zero attached hydrogens (tertiary/aromatic N) is 1. The van der Waals surface area contributed by atoms with Gasteiger partial charge < -0.3 is 15.2 Å². The molecule has 1 amide bonds. The molecule has 5 nitrogen and oxygen atoms in total. The van der Waals surface area contributed by atoms with Gasteiger partial charge in [-0.1, -0.05) is 24.3 Å². The molecule has 126 valence electrons. The number of nitrogens with one attached hydrogen (secondary N) is 1. The van der Waals surface area contributed by atoms with E-state index in [1.54, 1.807) is 18.3 Å². The summed E-state index contributed by atoms with van der Waals surface area (Å²) < 4.78 is 5.73. The van der Waals surface area contributed by atoms with Crippen LogP contribution in [-0.4, -0.2) is 28.6 Å². The maximum absolute atomic E-state index is 12.2. The number of carbonyl (C=O) groups is 1. The first-order valence-electron chi connectivity index (χ1n) is 8.34. The largest absolute Gasteiger partial charge is 0.474 e. The van der Waals surface area contributed by atoms with Gasteiger partial charge in [0.05, 0.1) is 6.61 Å². The molecule has 0 radical (unpaired) electrons. The zero-order valence-electron chi connectivity index (χ0n) is 13.6. The second-order valence-corrected chi connectivity index (χ2v) is 6.03. The van der Waals surface area contributed by atoms with Crippen LogP contribution in [0.3, 0.4) is 0 Å². The number of amides is 1. The number of aromatic nitrogens is 1. The molecule has 0 unspecified atom stereocenters. The van der Waals surface area contributed by atoms with E-state index in [9.17, 15) is 4.79 Å². The van der Waals surface area contributed by atoms with Gasteiger partial charge >= 0.3 is 0 Å². The first-order valence-corrected chi connectivity index (χ1v) is 8.34. The summed E-state index contributed by atoms with van der Waals surface area (Å²) in [7, 11) is 0. The molecular weight excluding hydrogens is 304 g/mol. The van der Waals surface area contributed by atoms with Crippen LogP contribution in [0.2, 0.25) is 0 Å². The minimum atomic E-state index is -0.122. The lowest BCUT2D eigenvalue weighted by molar-refractivity contribution is 0.0949. The van der Waals surface area contributed by atoms with Gasteiger partial charge in [-0.3, -0.25) is 4.79 Å². The Balaban J connectivity index is 1.49. The van der Waals surface area contributed by atoms with E-state index < -0.39 is 0 Å². The zero-order chi connectivity index (χ0) is 16.8. The molecule has 1 aromatic heterocycles. The first kappa shape index (κ1) is 16.5. The third-order valence-electron chi connectivity index (χ3n) is 4.24. The summed E-state index contributed by atoms with van der Waals surface area (Å²) in [6.07, 6.45) is 5.92. The summed E-state index contributed by atoms with van der Waals surface area (Å²) in [5.41, 5.74) is 2.57. The predicted octanol–water partition coefficient (Wildman–Crippen LogP) is 2.48. The van der Waals surface area contributed by atoms with Crippen molar-refractivity contribution in [2.75, 3.05) is 6.54 Å². The van der Waals surface area contributed by atoms with Crippen molar-refractivity contribution in [3.63, 3.8) is 0 Å². The average Bonchev–Trinajstić information content (AvgIpc) is 2.59. The molecule has 3 rings (SSSR count). The van der Waals surface area contributed by atoms with Gasteiger partial charge in [0.15, 0.2) is 0 Å². The number of benzene rings is 1. The van der Waals surface area contributed by atoms with Gasteiger partial charge in [0.25, 0.3) is 5.91 Å². The number of aliphatic hydroxyl groups excluding tert-OH is 1. The molecule has 1 fully saturated rings. The highest BCUT2D eigenvalue weighted by Gasteiger charge is 2.20. The number of carbonyl (C=O) groups excluding carboxylic acids is 1. The molecule has 5 heteroatoms. The van der Waals surface area contributed by atoms with Crippen LogP contribution in [0.15, 0.2) is 42.6 Å². The Labute approximate surface area is 141 Å². The van der Waals surface area contributed by atoms with Crippen molar-refractivity contribution in [2.45, 2.75) is 38.4 Å². The lowest BCUT2D eigenvalue weighted by atomic mass is 9.96. The molecule has 1 aromatic carbocycles. The third kappa shape index (κ3) is 4.32. The molecule has 1 saturated carbocycles. The Morgan fingerprint density at radius 1 is 1.21 bits per heavy atom. The molecule has 1 aliphatic rings. The quantitative estimate of drug-likeness (QED) is 0.820. The number of ether oxygens (including phenoxy) is 1. The van der Waals surface area contributed by atoms with Gasteiger partial charge in [-0.25, -0.2) is 4.98 Å². The Hall–Kier alpha value is -2.40. The summed E-state index contributed by atoms with van der Waals surface area (Å²) in [4.78, 5) is 16.4. The molecule has 2 N–H and O–H groups in total. The fraction of sp³-hybridized carbons (Fsp3) is 0.368. The maximum Gasteiger partial charge on any atom is 0.251 e. The van der Waals surface area contributed by atoms with Crippen LogP contribution >= 0.6 is 0 Å². The average molecular weight is 326 g/mol. The summed E-state index contributed by atoms with van der Waals surface area (Å²) in [6, 6.07) is 11.1. The van der Waals surface area contributed by atoms with Gasteiger partial charge in [-0.05, 0) is 42.9 Å². The summed E-state index contributed by atoms with van der Waals surface area (Å²) >= 11 is 0. The van der Waals surface area contributed by atoms with E-state index in [0.717, 1.165) is 30.4 Å². The van der Waals surface area contributed by atoms with Crippen LogP contribution in [0, 0.1) is 0 Å². The van der Waals surface area contributed by atoms with Crippen molar-refractivity contribution in [3.8, 4) is 5.88 Å². The van der Waals surface area contributed by atoms with Crippen LogP contribution in [0.1, 0.15) is 40.7 Å². The highest BCUT2D eigenvalue weighted by atomic mass is 16.5. The van der Waals surface area contributed by atoms with Crippen LogP contribution in [0.25, 0.3) is 0 Å². The minimum Gasteiger partial charge on any atom is -0.474 e. The number of aliphatic hydroxyl groups is 1. The van der Waals surface area contributed by atoms with Crippen molar-refractivity contribution in [1.82, 2.24) is 10.3 Å². The lowest BCUT2D eigenvalue weighted by Gasteiger charge is -2.25. The molecule has 0 atom stereocenters. The Bertz CT molecular complexity index is 681. The van der Waals surface area contributed by atoms with E-state index in [1.807, 2.05) is 24.3 Å². The Kier molecular flexibility index (Phi) is 5.43.